The van der Waals surface area contributed by atoms with Crippen molar-refractivity contribution in [3.63, 3.8) is 0 Å². The molecule has 4 heterocycles. The van der Waals surface area contributed by atoms with Gasteiger partial charge in [-0.15, -0.1) is 0 Å². The van der Waals surface area contributed by atoms with E-state index >= 15 is 0 Å². The van der Waals surface area contributed by atoms with Crippen LogP contribution in [0, 0.1) is 0 Å². The quantitative estimate of drug-likeness (QED) is 0.801. The summed E-state index contributed by atoms with van der Waals surface area (Å²) in [5, 5.41) is 7.82. The van der Waals surface area contributed by atoms with E-state index in [0.29, 0.717) is 45.6 Å². The highest BCUT2D eigenvalue weighted by Crippen LogP contribution is 2.17. The molecule has 0 aromatic carbocycles. The summed E-state index contributed by atoms with van der Waals surface area (Å²) in [6, 6.07) is 2.04. The third kappa shape index (κ3) is 3.76. The first-order valence-electron chi connectivity index (χ1n) is 9.65. The van der Waals surface area contributed by atoms with Crippen LogP contribution in [0.25, 0.3) is 0 Å². The van der Waals surface area contributed by atoms with Crippen LogP contribution in [0.1, 0.15) is 30.7 Å². The molecule has 4 rings (SSSR count). The van der Waals surface area contributed by atoms with Gasteiger partial charge in [0.25, 0.3) is 5.91 Å². The zero-order valence-corrected chi connectivity index (χ0v) is 15.2. The van der Waals surface area contributed by atoms with Gasteiger partial charge in [-0.25, -0.2) is 0 Å². The Bertz CT molecular complexity index is 662. The highest BCUT2D eigenvalue weighted by atomic mass is 16.5. The Kier molecular flexibility index (Phi) is 5.21. The number of morpholine rings is 1. The van der Waals surface area contributed by atoms with Crippen LogP contribution in [0.15, 0.2) is 6.07 Å². The highest BCUT2D eigenvalue weighted by molar-refractivity contribution is 5.81. The largest absolute Gasteiger partial charge is 0.366 e. The molecule has 1 N–H and O–H groups in total. The molecule has 0 unspecified atom stereocenters. The van der Waals surface area contributed by atoms with Gasteiger partial charge in [-0.3, -0.25) is 14.3 Å². The summed E-state index contributed by atoms with van der Waals surface area (Å²) in [4.78, 5) is 28.6. The number of aromatic nitrogens is 2. The van der Waals surface area contributed by atoms with E-state index in [4.69, 9.17) is 4.74 Å². The van der Waals surface area contributed by atoms with E-state index in [9.17, 15) is 9.59 Å². The second-order valence-corrected chi connectivity index (χ2v) is 7.26. The average Bonchev–Trinajstić information content (AvgIpc) is 3.35. The Morgan fingerprint density at radius 2 is 2.04 bits per heavy atom. The van der Waals surface area contributed by atoms with Gasteiger partial charge in [-0.1, -0.05) is 0 Å². The van der Waals surface area contributed by atoms with E-state index in [2.05, 4.69) is 10.4 Å². The maximum Gasteiger partial charge on any atom is 0.253 e. The number of nitrogens with zero attached hydrogens (tertiary/aromatic N) is 4. The van der Waals surface area contributed by atoms with Crippen LogP contribution >= 0.6 is 0 Å². The van der Waals surface area contributed by atoms with Gasteiger partial charge in [-0.2, -0.15) is 5.10 Å². The first kappa shape index (κ1) is 17.5. The zero-order chi connectivity index (χ0) is 17.9. The molecule has 0 radical (unpaired) electrons. The highest BCUT2D eigenvalue weighted by Gasteiger charge is 2.30. The van der Waals surface area contributed by atoms with Crippen molar-refractivity contribution >= 4 is 11.8 Å². The molecule has 1 aromatic rings. The molecule has 1 atom stereocenters. The third-order valence-corrected chi connectivity index (χ3v) is 5.42. The Morgan fingerprint density at radius 3 is 2.81 bits per heavy atom. The first-order valence-corrected chi connectivity index (χ1v) is 9.65. The molecule has 8 heteroatoms. The minimum atomic E-state index is -0.379. The number of nitrogens with one attached hydrogen (secondary N) is 1. The van der Waals surface area contributed by atoms with E-state index in [1.165, 1.54) is 0 Å². The summed E-state index contributed by atoms with van der Waals surface area (Å²) in [6.07, 6.45) is 3.04. The number of carbonyl (C=O) groups is 2. The fraction of sp³-hybridized carbons (Fsp3) is 0.722. The van der Waals surface area contributed by atoms with Gasteiger partial charge < -0.3 is 19.9 Å². The van der Waals surface area contributed by atoms with E-state index in [-0.39, 0.29) is 17.9 Å². The van der Waals surface area contributed by atoms with E-state index in [0.717, 1.165) is 43.9 Å². The molecule has 142 valence electrons. The molecule has 0 saturated carbocycles. The number of hydrogen-bond donors (Lipinski definition) is 1. The Labute approximate surface area is 153 Å². The topological polar surface area (TPSA) is 79.7 Å². The second-order valence-electron chi connectivity index (χ2n) is 7.26. The summed E-state index contributed by atoms with van der Waals surface area (Å²) < 4.78 is 7.55. The molecule has 2 fully saturated rings. The molecule has 3 aliphatic heterocycles. The van der Waals surface area contributed by atoms with Crippen molar-refractivity contribution in [2.75, 3.05) is 39.3 Å². The number of rotatable bonds is 4. The Morgan fingerprint density at radius 1 is 1.19 bits per heavy atom. The predicted molar refractivity (Wildman–Crippen MR) is 94.4 cm³/mol. The molecule has 2 saturated heterocycles. The normalized spacial score (nSPS) is 23.2. The van der Waals surface area contributed by atoms with Gasteiger partial charge in [0.1, 0.15) is 6.10 Å². The molecule has 0 spiro atoms. The van der Waals surface area contributed by atoms with Crippen LogP contribution < -0.4 is 5.32 Å². The van der Waals surface area contributed by atoms with Gasteiger partial charge in [0.05, 0.1) is 31.1 Å². The van der Waals surface area contributed by atoms with Gasteiger partial charge in [0, 0.05) is 45.6 Å². The summed E-state index contributed by atoms with van der Waals surface area (Å²) >= 11 is 0. The van der Waals surface area contributed by atoms with Crippen LogP contribution in [0.5, 0.6) is 0 Å². The van der Waals surface area contributed by atoms with Gasteiger partial charge >= 0.3 is 0 Å². The van der Waals surface area contributed by atoms with Crippen molar-refractivity contribution in [2.24, 2.45) is 0 Å². The van der Waals surface area contributed by atoms with Crippen molar-refractivity contribution in [1.82, 2.24) is 24.9 Å². The summed E-state index contributed by atoms with van der Waals surface area (Å²) in [7, 11) is 0. The number of likely N-dealkylation sites (tertiary alicyclic amines) is 1. The molecule has 2 amide bonds. The molecule has 8 nitrogen and oxygen atoms in total. The maximum atomic E-state index is 12.6. The fourth-order valence-electron chi connectivity index (χ4n) is 3.92. The van der Waals surface area contributed by atoms with Crippen LogP contribution in [0.4, 0.5) is 0 Å². The van der Waals surface area contributed by atoms with Crippen LogP contribution in [0.3, 0.4) is 0 Å². The molecular formula is C18H27N5O3. The van der Waals surface area contributed by atoms with Crippen molar-refractivity contribution in [2.45, 2.75) is 44.9 Å². The molecule has 26 heavy (non-hydrogen) atoms. The van der Waals surface area contributed by atoms with Crippen molar-refractivity contribution in [3.05, 3.63) is 17.5 Å². The lowest BCUT2D eigenvalue weighted by Crippen LogP contribution is -2.51. The smallest absolute Gasteiger partial charge is 0.253 e. The predicted octanol–water partition coefficient (Wildman–Crippen LogP) is -0.231. The number of fused-ring (bicyclic) bond motifs is 1. The SMILES string of the molecule is O=C(CCc1cc2n(n1)CCN(C(=O)[C@@H]1CNCCO1)C2)N1CCCC1. The minimum absolute atomic E-state index is 0.0513. The van der Waals surface area contributed by atoms with Crippen molar-refractivity contribution in [3.8, 4) is 0 Å². The molecular weight excluding hydrogens is 334 g/mol. The molecule has 0 aliphatic carbocycles. The number of carbonyl (C=O) groups excluding carboxylic acids is 2. The lowest BCUT2D eigenvalue weighted by atomic mass is 10.2. The van der Waals surface area contributed by atoms with Crippen LogP contribution in [0.2, 0.25) is 0 Å². The number of aryl methyl sites for hydroxylation is 1. The third-order valence-electron chi connectivity index (χ3n) is 5.42. The Hall–Kier alpha value is -1.93. The standard InChI is InChI=1S/C18H27N5O3/c24-17(21-6-1-2-7-21)4-3-14-11-15-13-22(8-9-23(15)20-14)18(25)16-12-19-5-10-26-16/h11,16,19H,1-10,12-13H2/t16-/m0/s1. The van der Waals surface area contributed by atoms with Crippen molar-refractivity contribution in [1.29, 1.82) is 0 Å². The molecule has 3 aliphatic rings. The number of ether oxygens (including phenoxy) is 1. The van der Waals surface area contributed by atoms with Crippen LogP contribution in [-0.4, -0.2) is 76.8 Å². The fourth-order valence-corrected chi connectivity index (χ4v) is 3.92. The number of hydrogen-bond acceptors (Lipinski definition) is 5. The summed E-state index contributed by atoms with van der Waals surface area (Å²) in [6.45, 7) is 5.67. The summed E-state index contributed by atoms with van der Waals surface area (Å²) in [5.41, 5.74) is 1.98. The van der Waals surface area contributed by atoms with E-state index < -0.39 is 0 Å². The number of amides is 2. The monoisotopic (exact) mass is 361 g/mol. The average molecular weight is 361 g/mol. The van der Waals surface area contributed by atoms with Crippen molar-refractivity contribution < 1.29 is 14.3 Å². The first-order chi connectivity index (χ1) is 12.7. The van der Waals surface area contributed by atoms with Gasteiger partial charge in [0.2, 0.25) is 5.91 Å². The van der Waals surface area contributed by atoms with E-state index in [1.54, 1.807) is 0 Å². The molecule has 0 bridgehead atoms. The molecule has 1 aromatic heterocycles. The van der Waals surface area contributed by atoms with Crippen LogP contribution in [-0.2, 0) is 33.8 Å². The zero-order valence-electron chi connectivity index (χ0n) is 15.2. The van der Waals surface area contributed by atoms with E-state index in [1.807, 2.05) is 20.5 Å². The summed E-state index contributed by atoms with van der Waals surface area (Å²) in [5.74, 6) is 0.280. The second kappa shape index (κ2) is 7.75. The lowest BCUT2D eigenvalue weighted by Gasteiger charge is -2.32. The minimum Gasteiger partial charge on any atom is -0.366 e. The van der Waals surface area contributed by atoms with Gasteiger partial charge in [0.15, 0.2) is 0 Å². The lowest BCUT2D eigenvalue weighted by molar-refractivity contribution is -0.146. The van der Waals surface area contributed by atoms with Gasteiger partial charge in [-0.05, 0) is 18.9 Å². The maximum absolute atomic E-state index is 12.6. The Balaban J connectivity index is 1.33.